The molecule has 7 nitrogen and oxygen atoms in total. The van der Waals surface area contributed by atoms with Crippen LogP contribution in [0.5, 0.6) is 11.5 Å². The normalized spacial score (nSPS) is 10.7. The summed E-state index contributed by atoms with van der Waals surface area (Å²) < 4.78 is 12.7. The van der Waals surface area contributed by atoms with Crippen molar-refractivity contribution in [3.05, 3.63) is 70.7 Å². The lowest BCUT2D eigenvalue weighted by Gasteiger charge is -2.14. The Morgan fingerprint density at radius 3 is 2.68 bits per heavy atom. The Balaban J connectivity index is 1.65. The van der Waals surface area contributed by atoms with Gasteiger partial charge in [-0.15, -0.1) is 11.3 Å². The second kappa shape index (κ2) is 8.79. The van der Waals surface area contributed by atoms with Crippen LogP contribution in [0.3, 0.4) is 0 Å². The predicted octanol–water partition coefficient (Wildman–Crippen LogP) is 5.23. The number of aryl methyl sites for hydroxylation is 1. The van der Waals surface area contributed by atoms with E-state index in [9.17, 15) is 4.79 Å². The average Bonchev–Trinajstić information content (AvgIpc) is 3.43. The molecule has 158 valence electrons. The summed E-state index contributed by atoms with van der Waals surface area (Å²) in [6.45, 7) is 1.86. The molecule has 4 aromatic rings. The lowest BCUT2D eigenvalue weighted by molar-refractivity contribution is 0.102. The van der Waals surface area contributed by atoms with Gasteiger partial charge in [0.05, 0.1) is 36.2 Å². The number of nitrogens with zero attached hydrogens (tertiary/aromatic N) is 3. The van der Waals surface area contributed by atoms with Crippen LogP contribution in [0.25, 0.3) is 16.3 Å². The first kappa shape index (κ1) is 20.9. The highest BCUT2D eigenvalue weighted by Crippen LogP contribution is 2.39. The molecule has 0 unspecified atom stereocenters. The number of carbonyl (C=O) groups excluding carboxylic acids is 1. The Kier molecular flexibility index (Phi) is 5.92. The second-order valence-corrected chi connectivity index (χ2v) is 7.78. The van der Waals surface area contributed by atoms with Crippen molar-refractivity contribution >= 4 is 34.5 Å². The van der Waals surface area contributed by atoms with Gasteiger partial charge in [-0.25, -0.2) is 9.97 Å². The van der Waals surface area contributed by atoms with Crippen LogP contribution >= 0.6 is 22.9 Å². The van der Waals surface area contributed by atoms with Gasteiger partial charge in [-0.3, -0.25) is 4.79 Å². The number of hydrogen-bond donors (Lipinski definition) is 1. The summed E-state index contributed by atoms with van der Waals surface area (Å²) in [7, 11) is 3.15. The van der Waals surface area contributed by atoms with Crippen LogP contribution < -0.4 is 14.8 Å². The molecule has 0 bridgehead atoms. The van der Waals surface area contributed by atoms with Gasteiger partial charge in [0.1, 0.15) is 16.5 Å². The standard InChI is InChI=1S/C22H19ClN4O3S/c1-13-24-10-11-27(13)19-15(23)7-5-8-16(19)25-21(28)17-12-31-22(26-17)14-6-4-9-18(29-2)20(14)30-3/h4-12H,1-3H3,(H,25,28). The SMILES string of the molecule is COc1cccc(-c2nc(C(=O)Nc3cccc(Cl)c3-n3ccnc3C)cs2)c1OC. The molecule has 2 aromatic carbocycles. The minimum atomic E-state index is -0.342. The number of ether oxygens (including phenoxy) is 2. The zero-order chi connectivity index (χ0) is 22.0. The van der Waals surface area contributed by atoms with E-state index in [2.05, 4.69) is 15.3 Å². The minimum absolute atomic E-state index is 0.290. The van der Waals surface area contributed by atoms with Crippen molar-refractivity contribution < 1.29 is 14.3 Å². The molecule has 9 heteroatoms. The van der Waals surface area contributed by atoms with Crippen LogP contribution in [0.1, 0.15) is 16.3 Å². The lowest BCUT2D eigenvalue weighted by Crippen LogP contribution is -2.14. The van der Waals surface area contributed by atoms with E-state index in [4.69, 9.17) is 21.1 Å². The summed E-state index contributed by atoms with van der Waals surface area (Å²) in [5, 5.41) is 5.77. The fourth-order valence-electron chi connectivity index (χ4n) is 3.22. The van der Waals surface area contributed by atoms with Gasteiger partial charge in [-0.05, 0) is 31.2 Å². The summed E-state index contributed by atoms with van der Waals surface area (Å²) >= 11 is 7.78. The molecule has 2 heterocycles. The zero-order valence-electron chi connectivity index (χ0n) is 17.0. The molecule has 31 heavy (non-hydrogen) atoms. The summed E-state index contributed by atoms with van der Waals surface area (Å²) in [5.74, 6) is 1.58. The van der Waals surface area contributed by atoms with Gasteiger partial charge in [0.15, 0.2) is 11.5 Å². The highest BCUT2D eigenvalue weighted by molar-refractivity contribution is 7.13. The molecule has 0 aliphatic carbocycles. The number of benzene rings is 2. The van der Waals surface area contributed by atoms with Gasteiger partial charge >= 0.3 is 0 Å². The van der Waals surface area contributed by atoms with Gasteiger partial charge in [0.25, 0.3) is 5.91 Å². The number of aromatic nitrogens is 3. The molecule has 0 saturated heterocycles. The predicted molar refractivity (Wildman–Crippen MR) is 122 cm³/mol. The molecule has 0 radical (unpaired) electrons. The van der Waals surface area contributed by atoms with Crippen molar-refractivity contribution in [3.63, 3.8) is 0 Å². The Labute approximate surface area is 188 Å². The number of nitrogens with one attached hydrogen (secondary N) is 1. The van der Waals surface area contributed by atoms with Crippen molar-refractivity contribution in [1.29, 1.82) is 0 Å². The summed E-state index contributed by atoms with van der Waals surface area (Å²) in [6, 6.07) is 10.9. The highest BCUT2D eigenvalue weighted by Gasteiger charge is 2.19. The first-order valence-corrected chi connectivity index (χ1v) is 10.6. The van der Waals surface area contributed by atoms with E-state index in [-0.39, 0.29) is 11.6 Å². The number of carbonyl (C=O) groups is 1. The van der Waals surface area contributed by atoms with Crippen molar-refractivity contribution in [2.24, 2.45) is 0 Å². The van der Waals surface area contributed by atoms with Crippen LogP contribution in [-0.4, -0.2) is 34.7 Å². The molecule has 0 fully saturated rings. The van der Waals surface area contributed by atoms with E-state index in [1.165, 1.54) is 11.3 Å². The molecule has 0 aliphatic heterocycles. The third-order valence-corrected chi connectivity index (χ3v) is 5.85. The summed E-state index contributed by atoms with van der Waals surface area (Å²) in [6.07, 6.45) is 3.47. The molecular formula is C22H19ClN4O3S. The quantitative estimate of drug-likeness (QED) is 0.431. The molecule has 1 N–H and O–H groups in total. The molecule has 0 atom stereocenters. The van der Waals surface area contributed by atoms with E-state index in [0.29, 0.717) is 32.9 Å². The molecular weight excluding hydrogens is 436 g/mol. The molecule has 2 aromatic heterocycles. The number of rotatable bonds is 6. The van der Waals surface area contributed by atoms with Crippen LogP contribution in [0.2, 0.25) is 5.02 Å². The molecule has 4 rings (SSSR count). The number of imidazole rings is 1. The number of thiazole rings is 1. The highest BCUT2D eigenvalue weighted by atomic mass is 35.5. The first-order valence-electron chi connectivity index (χ1n) is 9.30. The Morgan fingerprint density at radius 1 is 1.16 bits per heavy atom. The van der Waals surface area contributed by atoms with Crippen molar-refractivity contribution in [2.75, 3.05) is 19.5 Å². The molecule has 0 aliphatic rings. The minimum Gasteiger partial charge on any atom is -0.493 e. The van der Waals surface area contributed by atoms with Crippen LogP contribution in [0, 0.1) is 6.92 Å². The Hall–Kier alpha value is -3.36. The van der Waals surface area contributed by atoms with Gasteiger partial charge in [0, 0.05) is 17.8 Å². The monoisotopic (exact) mass is 454 g/mol. The maximum atomic E-state index is 13.0. The van der Waals surface area contributed by atoms with Gasteiger partial charge in [-0.1, -0.05) is 23.7 Å². The maximum absolute atomic E-state index is 13.0. The topological polar surface area (TPSA) is 78.3 Å². The van der Waals surface area contributed by atoms with Gasteiger partial charge in [0.2, 0.25) is 0 Å². The van der Waals surface area contributed by atoms with Crippen molar-refractivity contribution in [3.8, 4) is 27.8 Å². The van der Waals surface area contributed by atoms with Gasteiger partial charge < -0.3 is 19.4 Å². The van der Waals surface area contributed by atoms with Crippen LogP contribution in [0.15, 0.2) is 54.2 Å². The number of amides is 1. The largest absolute Gasteiger partial charge is 0.493 e. The van der Waals surface area contributed by atoms with E-state index in [0.717, 1.165) is 11.4 Å². The maximum Gasteiger partial charge on any atom is 0.275 e. The third kappa shape index (κ3) is 3.99. The summed E-state index contributed by atoms with van der Waals surface area (Å²) in [4.78, 5) is 21.7. The van der Waals surface area contributed by atoms with E-state index in [1.807, 2.05) is 29.7 Å². The van der Waals surface area contributed by atoms with Crippen molar-refractivity contribution in [2.45, 2.75) is 6.92 Å². The Bertz CT molecular complexity index is 1250. The van der Waals surface area contributed by atoms with E-state index in [1.54, 1.807) is 50.2 Å². The fraction of sp³-hybridized carbons (Fsp3) is 0.136. The first-order chi connectivity index (χ1) is 15.0. The van der Waals surface area contributed by atoms with E-state index >= 15 is 0 Å². The van der Waals surface area contributed by atoms with Crippen molar-refractivity contribution in [1.82, 2.24) is 14.5 Å². The van der Waals surface area contributed by atoms with Crippen LogP contribution in [-0.2, 0) is 0 Å². The van der Waals surface area contributed by atoms with Crippen LogP contribution in [0.4, 0.5) is 5.69 Å². The molecule has 1 amide bonds. The van der Waals surface area contributed by atoms with E-state index < -0.39 is 0 Å². The molecule has 0 saturated carbocycles. The smallest absolute Gasteiger partial charge is 0.275 e. The second-order valence-electron chi connectivity index (χ2n) is 6.51. The number of para-hydroxylation sites is 2. The number of halogens is 1. The Morgan fingerprint density at radius 2 is 1.97 bits per heavy atom. The summed E-state index contributed by atoms with van der Waals surface area (Å²) in [5.41, 5.74) is 2.26. The number of methoxy groups -OCH3 is 2. The zero-order valence-corrected chi connectivity index (χ0v) is 18.6. The fourth-order valence-corrected chi connectivity index (χ4v) is 4.31. The number of anilines is 1. The molecule has 0 spiro atoms. The third-order valence-electron chi connectivity index (χ3n) is 4.67. The van der Waals surface area contributed by atoms with Gasteiger partial charge in [-0.2, -0.15) is 0 Å². The average molecular weight is 455 g/mol. The number of hydrogen-bond acceptors (Lipinski definition) is 6. The lowest BCUT2D eigenvalue weighted by atomic mass is 10.2.